The summed E-state index contributed by atoms with van der Waals surface area (Å²) >= 11 is 12.2. The van der Waals surface area contributed by atoms with Crippen LogP contribution in [0.3, 0.4) is 0 Å². The third-order valence-corrected chi connectivity index (χ3v) is 1.67. The third-order valence-electron chi connectivity index (χ3n) is 1.00. The van der Waals surface area contributed by atoms with Gasteiger partial charge in [-0.2, -0.15) is 0 Å². The first-order chi connectivity index (χ1) is 5.18. The van der Waals surface area contributed by atoms with E-state index in [1.165, 1.54) is 0 Å². The zero-order chi connectivity index (χ0) is 8.27. The van der Waals surface area contributed by atoms with E-state index < -0.39 is 0 Å². The Kier molecular flexibility index (Phi) is 3.55. The average molecular weight is 297 g/mol. The molecule has 0 aromatic carbocycles. The number of pyridine rings is 1. The van der Waals surface area contributed by atoms with Gasteiger partial charge in [-0.15, -0.1) is 0 Å². The van der Waals surface area contributed by atoms with Gasteiger partial charge < -0.3 is 0 Å². The molecule has 1 heterocycles. The molecule has 1 nitrogen and oxygen atoms in total. The number of hydrogen-bond donors (Lipinski definition) is 0. The van der Waals surface area contributed by atoms with Crippen molar-refractivity contribution in [2.75, 3.05) is 0 Å². The Morgan fingerprint density at radius 2 is 2.18 bits per heavy atom. The minimum absolute atomic E-state index is 0.639. The smallest absolute Gasteiger partial charge is 0.0610 e. The van der Waals surface area contributed by atoms with Crippen molar-refractivity contribution in [3.05, 3.63) is 32.4 Å². The van der Waals surface area contributed by atoms with Crippen LogP contribution >= 0.6 is 43.5 Å². The minimum atomic E-state index is 0.639. The first-order valence-corrected chi connectivity index (χ1v) is 4.78. The molecule has 1 aromatic heterocycles. The van der Waals surface area contributed by atoms with Crippen LogP contribution in [0.5, 0.6) is 0 Å². The fourth-order valence-electron chi connectivity index (χ4n) is 0.633. The molecule has 0 saturated heterocycles. The SMILES string of the molecule is Clc1cncc(C=C(Br)Br)c1. The molecular formula is C7H4Br2ClN. The molecule has 58 valence electrons. The van der Waals surface area contributed by atoms with Gasteiger partial charge in [-0.25, -0.2) is 0 Å². The largest absolute Gasteiger partial charge is 0.263 e. The van der Waals surface area contributed by atoms with Crippen molar-refractivity contribution in [3.63, 3.8) is 0 Å². The van der Waals surface area contributed by atoms with E-state index in [9.17, 15) is 0 Å². The summed E-state index contributed by atoms with van der Waals surface area (Å²) in [5.41, 5.74) is 0.959. The average Bonchev–Trinajstić information content (AvgIpc) is 1.85. The Hall–Kier alpha value is 0.140. The zero-order valence-corrected chi connectivity index (χ0v) is 9.32. The van der Waals surface area contributed by atoms with E-state index >= 15 is 0 Å². The molecule has 0 spiro atoms. The highest BCUT2D eigenvalue weighted by molar-refractivity contribution is 9.28. The number of rotatable bonds is 1. The molecule has 0 unspecified atom stereocenters. The summed E-state index contributed by atoms with van der Waals surface area (Å²) < 4.78 is 0.870. The van der Waals surface area contributed by atoms with E-state index in [4.69, 9.17) is 11.6 Å². The molecule has 0 aliphatic heterocycles. The van der Waals surface area contributed by atoms with Crippen molar-refractivity contribution in [2.24, 2.45) is 0 Å². The van der Waals surface area contributed by atoms with Gasteiger partial charge in [0.25, 0.3) is 0 Å². The maximum atomic E-state index is 5.71. The van der Waals surface area contributed by atoms with Crippen molar-refractivity contribution in [3.8, 4) is 0 Å². The van der Waals surface area contributed by atoms with Crippen molar-refractivity contribution in [2.45, 2.75) is 0 Å². The van der Waals surface area contributed by atoms with E-state index in [1.54, 1.807) is 12.4 Å². The summed E-state index contributed by atoms with van der Waals surface area (Å²) in [6.07, 6.45) is 5.20. The normalized spacial score (nSPS) is 9.36. The summed E-state index contributed by atoms with van der Waals surface area (Å²) in [4.78, 5) is 3.92. The summed E-state index contributed by atoms with van der Waals surface area (Å²) in [6, 6.07) is 1.83. The second-order valence-corrected chi connectivity index (χ2v) is 5.08. The van der Waals surface area contributed by atoms with Gasteiger partial charge in [-0.1, -0.05) is 11.6 Å². The molecule has 1 aromatic rings. The van der Waals surface area contributed by atoms with Crippen molar-refractivity contribution in [1.29, 1.82) is 0 Å². The molecule has 0 atom stereocenters. The van der Waals surface area contributed by atoms with Gasteiger partial charge in [-0.3, -0.25) is 4.98 Å². The number of hydrogen-bond acceptors (Lipinski definition) is 1. The fraction of sp³-hybridized carbons (Fsp3) is 0. The highest BCUT2D eigenvalue weighted by Gasteiger charge is 1.91. The summed E-state index contributed by atoms with van der Waals surface area (Å²) in [7, 11) is 0. The van der Waals surface area contributed by atoms with Crippen molar-refractivity contribution < 1.29 is 0 Å². The van der Waals surface area contributed by atoms with E-state index in [2.05, 4.69) is 36.8 Å². The highest BCUT2D eigenvalue weighted by atomic mass is 79.9. The lowest BCUT2D eigenvalue weighted by Gasteiger charge is -1.92. The Morgan fingerprint density at radius 3 is 2.73 bits per heavy atom. The van der Waals surface area contributed by atoms with Crippen LogP contribution in [0.4, 0.5) is 0 Å². The molecule has 0 saturated carbocycles. The van der Waals surface area contributed by atoms with Gasteiger partial charge in [0.2, 0.25) is 0 Å². The Balaban J connectivity index is 2.97. The topological polar surface area (TPSA) is 12.9 Å². The van der Waals surface area contributed by atoms with Gasteiger partial charge in [0.15, 0.2) is 0 Å². The molecule has 4 heteroatoms. The van der Waals surface area contributed by atoms with E-state index in [0.717, 1.165) is 8.96 Å². The Bertz CT molecular complexity index is 282. The van der Waals surface area contributed by atoms with Crippen LogP contribution < -0.4 is 0 Å². The molecule has 0 bridgehead atoms. The maximum absolute atomic E-state index is 5.71. The predicted octanol–water partition coefficient (Wildman–Crippen LogP) is 3.82. The van der Waals surface area contributed by atoms with Crippen LogP contribution in [0.1, 0.15) is 5.56 Å². The van der Waals surface area contributed by atoms with Gasteiger partial charge >= 0.3 is 0 Å². The highest BCUT2D eigenvalue weighted by Crippen LogP contribution is 2.18. The molecule has 0 amide bonds. The quantitative estimate of drug-likeness (QED) is 0.768. The van der Waals surface area contributed by atoms with Crippen LogP contribution in [0.2, 0.25) is 5.02 Å². The summed E-state index contributed by atoms with van der Waals surface area (Å²) in [5, 5.41) is 0.639. The maximum Gasteiger partial charge on any atom is 0.0610 e. The Morgan fingerprint density at radius 1 is 1.45 bits per heavy atom. The molecule has 11 heavy (non-hydrogen) atoms. The first-order valence-electron chi connectivity index (χ1n) is 2.82. The van der Waals surface area contributed by atoms with Crippen LogP contribution in [-0.4, -0.2) is 4.98 Å². The Labute approximate surface area is 86.7 Å². The van der Waals surface area contributed by atoms with Crippen molar-refractivity contribution in [1.82, 2.24) is 4.98 Å². The van der Waals surface area contributed by atoms with Crippen molar-refractivity contribution >= 4 is 49.5 Å². The number of aromatic nitrogens is 1. The van der Waals surface area contributed by atoms with Gasteiger partial charge in [-0.05, 0) is 49.6 Å². The first kappa shape index (κ1) is 9.23. The molecule has 1 rings (SSSR count). The lowest BCUT2D eigenvalue weighted by molar-refractivity contribution is 1.32. The van der Waals surface area contributed by atoms with E-state index in [1.807, 2.05) is 12.1 Å². The van der Waals surface area contributed by atoms with E-state index in [-0.39, 0.29) is 0 Å². The molecule has 0 fully saturated rings. The van der Waals surface area contributed by atoms with Crippen LogP contribution in [0.25, 0.3) is 6.08 Å². The molecular weight excluding hydrogens is 293 g/mol. The van der Waals surface area contributed by atoms with E-state index in [0.29, 0.717) is 5.02 Å². The molecule has 0 aliphatic carbocycles. The number of nitrogens with zero attached hydrogens (tertiary/aromatic N) is 1. The standard InChI is InChI=1S/C7H4Br2ClN/c8-7(9)2-5-1-6(10)4-11-3-5/h1-4H. The summed E-state index contributed by atoms with van der Waals surface area (Å²) in [5.74, 6) is 0. The molecule has 0 radical (unpaired) electrons. The summed E-state index contributed by atoms with van der Waals surface area (Å²) in [6.45, 7) is 0. The van der Waals surface area contributed by atoms with Crippen LogP contribution in [0.15, 0.2) is 21.9 Å². The minimum Gasteiger partial charge on any atom is -0.263 e. The molecule has 0 aliphatic rings. The van der Waals surface area contributed by atoms with Gasteiger partial charge in [0, 0.05) is 12.4 Å². The lowest BCUT2D eigenvalue weighted by Crippen LogP contribution is -1.75. The third kappa shape index (κ3) is 3.36. The fourth-order valence-corrected chi connectivity index (χ4v) is 1.34. The predicted molar refractivity (Wildman–Crippen MR) is 55.1 cm³/mol. The van der Waals surface area contributed by atoms with Crippen LogP contribution in [0, 0.1) is 0 Å². The van der Waals surface area contributed by atoms with Gasteiger partial charge in [0.05, 0.1) is 8.41 Å². The second-order valence-electron chi connectivity index (χ2n) is 1.87. The molecule has 0 N–H and O–H groups in total. The second kappa shape index (κ2) is 4.24. The van der Waals surface area contributed by atoms with Gasteiger partial charge in [0.1, 0.15) is 0 Å². The number of halogens is 3. The lowest BCUT2D eigenvalue weighted by atomic mass is 10.3. The monoisotopic (exact) mass is 295 g/mol. The van der Waals surface area contributed by atoms with Crippen LogP contribution in [-0.2, 0) is 0 Å². The zero-order valence-electron chi connectivity index (χ0n) is 5.39.